The summed E-state index contributed by atoms with van der Waals surface area (Å²) in [6.07, 6.45) is 10.3. The largest absolute Gasteiger partial charge is 0.353 e. The molecule has 0 saturated carbocycles. The number of hydrogen-bond acceptors (Lipinski definition) is 9. The van der Waals surface area contributed by atoms with Crippen LogP contribution >= 0.6 is 0 Å². The number of hydrogen-bond donors (Lipinski definition) is 3. The maximum atomic E-state index is 12.6. The van der Waals surface area contributed by atoms with E-state index in [-0.39, 0.29) is 30.1 Å². The maximum Gasteiger partial charge on any atom is 0.230 e. The normalized spacial score (nSPS) is 13.9. The van der Waals surface area contributed by atoms with E-state index in [1.807, 2.05) is 55.7 Å². The number of aromatic nitrogens is 5. The molecular formula is C38H45N9O2. The summed E-state index contributed by atoms with van der Waals surface area (Å²) >= 11 is 0. The van der Waals surface area contributed by atoms with Crippen LogP contribution in [0.1, 0.15) is 69.1 Å². The molecule has 3 aromatic heterocycles. The highest BCUT2D eigenvalue weighted by Gasteiger charge is 2.22. The van der Waals surface area contributed by atoms with Gasteiger partial charge in [0, 0.05) is 67.8 Å². The lowest BCUT2D eigenvalue weighted by Gasteiger charge is -2.30. The van der Waals surface area contributed by atoms with E-state index in [4.69, 9.17) is 20.7 Å². The molecule has 1 amide bonds. The SMILES string of the molecule is CCCC(=O)NC/C=C/C(=O)Cc1ccc2c(-c3ccccc3CNc3nc(N4CCC(N)CC4)nc4c(C(C)C)cnn34)nccc2c1. The summed E-state index contributed by atoms with van der Waals surface area (Å²) in [5.41, 5.74) is 11.9. The number of anilines is 2. The van der Waals surface area contributed by atoms with E-state index in [2.05, 4.69) is 46.6 Å². The van der Waals surface area contributed by atoms with Crippen molar-refractivity contribution in [2.75, 3.05) is 29.9 Å². The number of allylic oxidation sites excluding steroid dienone is 1. The van der Waals surface area contributed by atoms with Crippen molar-refractivity contribution in [3.8, 4) is 11.3 Å². The summed E-state index contributed by atoms with van der Waals surface area (Å²) in [4.78, 5) is 41.2. The third-order valence-electron chi connectivity index (χ3n) is 8.94. The molecule has 0 spiro atoms. The van der Waals surface area contributed by atoms with Gasteiger partial charge in [0.05, 0.1) is 11.9 Å². The zero-order valence-electron chi connectivity index (χ0n) is 28.5. The predicted octanol–water partition coefficient (Wildman–Crippen LogP) is 5.59. The molecule has 5 aromatic rings. The molecule has 4 heterocycles. The highest BCUT2D eigenvalue weighted by atomic mass is 16.1. The van der Waals surface area contributed by atoms with Crippen LogP contribution in [0.3, 0.4) is 0 Å². The number of carbonyl (C=O) groups excluding carboxylic acids is 2. The topological polar surface area (TPSA) is 143 Å². The number of piperidine rings is 1. The van der Waals surface area contributed by atoms with Gasteiger partial charge in [-0.3, -0.25) is 14.6 Å². The number of benzene rings is 2. The molecular weight excluding hydrogens is 614 g/mol. The molecule has 1 saturated heterocycles. The van der Waals surface area contributed by atoms with Crippen LogP contribution in [0, 0.1) is 0 Å². The second kappa shape index (κ2) is 15.4. The van der Waals surface area contributed by atoms with Gasteiger partial charge in [0.25, 0.3) is 0 Å². The first-order valence-corrected chi connectivity index (χ1v) is 17.2. The summed E-state index contributed by atoms with van der Waals surface area (Å²) in [6.45, 7) is 8.75. The minimum atomic E-state index is -0.0154. The molecule has 6 rings (SSSR count). The molecule has 2 aromatic carbocycles. The van der Waals surface area contributed by atoms with Gasteiger partial charge < -0.3 is 21.3 Å². The van der Waals surface area contributed by atoms with Gasteiger partial charge >= 0.3 is 0 Å². The zero-order chi connectivity index (χ0) is 34.3. The molecule has 0 bridgehead atoms. The Morgan fingerprint density at radius 2 is 1.90 bits per heavy atom. The molecule has 0 atom stereocenters. The van der Waals surface area contributed by atoms with Crippen LogP contribution in [0.5, 0.6) is 0 Å². The summed E-state index contributed by atoms with van der Waals surface area (Å²) in [6, 6.07) is 16.5. The van der Waals surface area contributed by atoms with E-state index in [1.54, 1.807) is 16.7 Å². The monoisotopic (exact) mass is 659 g/mol. The Hall–Kier alpha value is -5.16. The van der Waals surface area contributed by atoms with Gasteiger partial charge in [0.15, 0.2) is 11.4 Å². The van der Waals surface area contributed by atoms with E-state index in [1.165, 1.54) is 0 Å². The Balaban J connectivity index is 1.23. The van der Waals surface area contributed by atoms with E-state index >= 15 is 0 Å². The minimum Gasteiger partial charge on any atom is -0.353 e. The van der Waals surface area contributed by atoms with Gasteiger partial charge in [-0.25, -0.2) is 0 Å². The van der Waals surface area contributed by atoms with Crippen LogP contribution in [-0.2, 0) is 22.6 Å². The Kier molecular flexibility index (Phi) is 10.6. The average molecular weight is 660 g/mol. The first-order valence-electron chi connectivity index (χ1n) is 17.2. The fourth-order valence-electron chi connectivity index (χ4n) is 6.22. The van der Waals surface area contributed by atoms with Crippen molar-refractivity contribution in [2.45, 2.75) is 71.4 Å². The fourth-order valence-corrected chi connectivity index (χ4v) is 6.22. The van der Waals surface area contributed by atoms with E-state index in [0.29, 0.717) is 31.4 Å². The number of amides is 1. The van der Waals surface area contributed by atoms with Gasteiger partial charge in [-0.05, 0) is 53.8 Å². The van der Waals surface area contributed by atoms with Gasteiger partial charge in [0.1, 0.15) is 0 Å². The third kappa shape index (κ3) is 7.94. The van der Waals surface area contributed by atoms with Crippen molar-refractivity contribution in [1.82, 2.24) is 29.9 Å². The number of carbonyl (C=O) groups is 2. The lowest BCUT2D eigenvalue weighted by molar-refractivity contribution is -0.121. The third-order valence-corrected chi connectivity index (χ3v) is 8.94. The van der Waals surface area contributed by atoms with Crippen molar-refractivity contribution < 1.29 is 9.59 Å². The molecule has 0 unspecified atom stereocenters. The number of fused-ring (bicyclic) bond motifs is 2. The molecule has 254 valence electrons. The molecule has 4 N–H and O–H groups in total. The van der Waals surface area contributed by atoms with Gasteiger partial charge in [0.2, 0.25) is 17.8 Å². The van der Waals surface area contributed by atoms with E-state index < -0.39 is 0 Å². The minimum absolute atomic E-state index is 0.00618. The van der Waals surface area contributed by atoms with Crippen molar-refractivity contribution >= 4 is 40.0 Å². The van der Waals surface area contributed by atoms with Crippen molar-refractivity contribution in [3.05, 3.63) is 89.8 Å². The Morgan fingerprint density at radius 3 is 2.69 bits per heavy atom. The summed E-state index contributed by atoms with van der Waals surface area (Å²) in [5, 5.41) is 13.0. The molecule has 1 fully saturated rings. The van der Waals surface area contributed by atoms with Crippen molar-refractivity contribution in [2.24, 2.45) is 5.73 Å². The van der Waals surface area contributed by atoms with E-state index in [0.717, 1.165) is 76.7 Å². The maximum absolute atomic E-state index is 12.6. The highest BCUT2D eigenvalue weighted by molar-refractivity contribution is 5.97. The number of rotatable bonds is 13. The average Bonchev–Trinajstić information content (AvgIpc) is 3.54. The van der Waals surface area contributed by atoms with Crippen LogP contribution < -0.4 is 21.3 Å². The van der Waals surface area contributed by atoms with E-state index in [9.17, 15) is 9.59 Å². The molecule has 11 heteroatoms. The number of nitrogens with one attached hydrogen (secondary N) is 2. The molecule has 1 aliphatic heterocycles. The van der Waals surface area contributed by atoms with Crippen LogP contribution in [0.25, 0.3) is 27.7 Å². The first-order chi connectivity index (χ1) is 23.8. The number of nitrogens with two attached hydrogens (primary N) is 1. The molecule has 11 nitrogen and oxygen atoms in total. The smallest absolute Gasteiger partial charge is 0.230 e. The fraction of sp³-hybridized carbons (Fsp3) is 0.368. The lowest BCUT2D eigenvalue weighted by Crippen LogP contribution is -2.40. The van der Waals surface area contributed by atoms with Gasteiger partial charge in [-0.15, -0.1) is 0 Å². The van der Waals surface area contributed by atoms with Crippen LogP contribution in [0.4, 0.5) is 11.9 Å². The quantitative estimate of drug-likeness (QED) is 0.138. The Morgan fingerprint density at radius 1 is 1.08 bits per heavy atom. The molecule has 49 heavy (non-hydrogen) atoms. The lowest BCUT2D eigenvalue weighted by atomic mass is 9.97. The highest BCUT2D eigenvalue weighted by Crippen LogP contribution is 2.31. The predicted molar refractivity (Wildman–Crippen MR) is 195 cm³/mol. The van der Waals surface area contributed by atoms with Gasteiger partial charge in [-0.1, -0.05) is 69.3 Å². The second-order valence-corrected chi connectivity index (χ2v) is 13.0. The van der Waals surface area contributed by atoms with Crippen molar-refractivity contribution in [1.29, 1.82) is 0 Å². The molecule has 1 aliphatic rings. The number of pyridine rings is 1. The second-order valence-electron chi connectivity index (χ2n) is 13.0. The standard InChI is InChI=1S/C38H45N9O2/c1-4-8-34(49)40-17-7-10-30(48)22-26-12-13-32-27(21-26)14-18-41-35(32)31-11-6-5-9-28(31)23-42-37-45-38(46-19-15-29(39)16-20-46)44-36-33(25(2)3)24-43-47(36)37/h5-7,9-14,18,21,24-25,29H,4,8,15-17,19-20,22-23,39H2,1-3H3,(H,40,49)(H,42,44,45)/b10-7+. The van der Waals surface area contributed by atoms with Crippen LogP contribution in [0.15, 0.2) is 73.1 Å². The Bertz CT molecular complexity index is 1980. The summed E-state index contributed by atoms with van der Waals surface area (Å²) in [7, 11) is 0. The summed E-state index contributed by atoms with van der Waals surface area (Å²) in [5.74, 6) is 1.57. The molecule has 0 radical (unpaired) electrons. The number of ketones is 1. The summed E-state index contributed by atoms with van der Waals surface area (Å²) < 4.78 is 1.80. The van der Waals surface area contributed by atoms with Gasteiger partial charge in [-0.2, -0.15) is 19.6 Å². The van der Waals surface area contributed by atoms with Crippen LogP contribution in [0.2, 0.25) is 0 Å². The molecule has 0 aliphatic carbocycles. The number of nitrogens with zero attached hydrogens (tertiary/aromatic N) is 6. The zero-order valence-corrected chi connectivity index (χ0v) is 28.5. The Labute approximate surface area is 287 Å². The van der Waals surface area contributed by atoms with Crippen molar-refractivity contribution in [3.63, 3.8) is 0 Å². The van der Waals surface area contributed by atoms with Crippen LogP contribution in [-0.4, -0.2) is 61.9 Å². The first kappa shape index (κ1) is 33.7.